The third-order valence-corrected chi connectivity index (χ3v) is 5.86. The molecule has 0 fully saturated rings. The number of rotatable bonds is 17. The molecule has 0 unspecified atom stereocenters. The van der Waals surface area contributed by atoms with Crippen molar-refractivity contribution in [1.82, 2.24) is 16.0 Å². The van der Waals surface area contributed by atoms with Crippen molar-refractivity contribution in [3.63, 3.8) is 0 Å². The molecule has 0 spiro atoms. The number of benzene rings is 1. The molecule has 0 saturated heterocycles. The average Bonchev–Trinajstić information content (AvgIpc) is 2.90. The zero-order chi connectivity index (χ0) is 32.0. The van der Waals surface area contributed by atoms with Crippen LogP contribution in [0.5, 0.6) is 0 Å². The Labute approximate surface area is 242 Å². The first-order chi connectivity index (χ1) is 19.7. The van der Waals surface area contributed by atoms with Crippen LogP contribution in [0.15, 0.2) is 29.3 Å². The Bertz CT molecular complexity index is 1110. The lowest BCUT2D eigenvalue weighted by atomic mass is 10.0. The van der Waals surface area contributed by atoms with Crippen molar-refractivity contribution in [2.75, 3.05) is 18.5 Å². The average molecular weight is 596 g/mol. The lowest BCUT2D eigenvalue weighted by molar-refractivity contribution is -0.384. The molecule has 0 radical (unpaired) electrons. The second-order valence-corrected chi connectivity index (χ2v) is 10.0. The first-order valence-corrected chi connectivity index (χ1v) is 13.2. The van der Waals surface area contributed by atoms with Gasteiger partial charge in [-0.2, -0.15) is 0 Å². The van der Waals surface area contributed by atoms with Gasteiger partial charge in [-0.25, -0.2) is 0 Å². The summed E-state index contributed by atoms with van der Waals surface area (Å²) in [7, 11) is 0. The second-order valence-electron chi connectivity index (χ2n) is 10.0. The van der Waals surface area contributed by atoms with Crippen molar-refractivity contribution in [3.8, 4) is 0 Å². The van der Waals surface area contributed by atoms with Crippen LogP contribution in [0.4, 0.5) is 11.4 Å². The minimum atomic E-state index is -1.58. The number of hydrogen-bond donors (Lipinski definition) is 9. The Morgan fingerprint density at radius 2 is 1.55 bits per heavy atom. The highest BCUT2D eigenvalue weighted by molar-refractivity contribution is 5.99. The molecule has 0 bridgehead atoms. The van der Waals surface area contributed by atoms with Crippen LogP contribution in [0, 0.1) is 16.0 Å². The number of carbonyl (C=O) groups excluding carboxylic acids is 4. The zero-order valence-electron chi connectivity index (χ0n) is 23.8. The first kappa shape index (κ1) is 35.7. The maximum absolute atomic E-state index is 13.1. The number of non-ortho nitro benzene ring substituents is 1. The summed E-state index contributed by atoms with van der Waals surface area (Å²) in [6, 6.07) is -0.197. The fourth-order valence-corrected chi connectivity index (χ4v) is 3.68. The smallest absolute Gasteiger partial charge is 0.269 e. The van der Waals surface area contributed by atoms with Crippen LogP contribution in [0.1, 0.15) is 40.0 Å². The van der Waals surface area contributed by atoms with Gasteiger partial charge in [-0.1, -0.05) is 13.8 Å². The van der Waals surface area contributed by atoms with E-state index in [2.05, 4.69) is 26.3 Å². The molecule has 0 aliphatic rings. The highest BCUT2D eigenvalue weighted by Crippen LogP contribution is 2.16. The van der Waals surface area contributed by atoms with Gasteiger partial charge in [0.25, 0.3) is 5.69 Å². The number of anilines is 1. The fraction of sp³-hybridized carbons (Fsp3) is 0.560. The van der Waals surface area contributed by atoms with Gasteiger partial charge in [-0.15, -0.1) is 0 Å². The summed E-state index contributed by atoms with van der Waals surface area (Å²) in [5, 5.41) is 40.4. The van der Waals surface area contributed by atoms with Gasteiger partial charge in [0, 0.05) is 24.4 Å². The van der Waals surface area contributed by atoms with E-state index in [0.717, 1.165) is 0 Å². The molecule has 5 atom stereocenters. The van der Waals surface area contributed by atoms with Crippen LogP contribution in [-0.2, 0) is 19.2 Å². The predicted molar refractivity (Wildman–Crippen MR) is 154 cm³/mol. The summed E-state index contributed by atoms with van der Waals surface area (Å²) in [6.07, 6.45) is -0.841. The third-order valence-electron chi connectivity index (χ3n) is 5.86. The molecule has 234 valence electrons. The number of nitrogens with one attached hydrogen (secondary N) is 4. The molecule has 17 heteroatoms. The number of guanidine groups is 1. The Morgan fingerprint density at radius 3 is 2.05 bits per heavy atom. The molecule has 1 aromatic carbocycles. The fourth-order valence-electron chi connectivity index (χ4n) is 3.68. The third kappa shape index (κ3) is 12.4. The summed E-state index contributed by atoms with van der Waals surface area (Å²) in [5.41, 5.74) is 16.5. The van der Waals surface area contributed by atoms with E-state index in [9.17, 15) is 39.5 Å². The summed E-state index contributed by atoms with van der Waals surface area (Å²) >= 11 is 0. The monoisotopic (exact) mass is 595 g/mol. The standard InChI is InChI=1S/C25H41N9O8/c1-13(2)11-17(26)21(37)32-19(12-35)23(39)33-20(14(3)36)24(40)31-18(5-4-10-29-25(27)28)22(38)30-15-6-8-16(9-7-15)34(41)42/h6-9,13-14,17-20,35-36H,4-5,10-12,26H2,1-3H3,(H,30,38)(H,31,40)(H,32,37)(H,33,39)(H4,27,28,29)/t14-,17-,18+,19+,20+/m1/s1. The molecule has 0 aliphatic heterocycles. The SMILES string of the molecule is CC(C)C[C@@H](N)C(=O)N[C@@H](CO)C(=O)N[C@H](C(=O)N[C@@H](CCCN=C(N)N)C(=O)Nc1ccc([N+](=O)[O-])cc1)[C@@H](C)O. The van der Waals surface area contributed by atoms with E-state index >= 15 is 0 Å². The molecule has 1 aromatic rings. The van der Waals surface area contributed by atoms with Crippen LogP contribution >= 0.6 is 0 Å². The van der Waals surface area contributed by atoms with Crippen molar-refractivity contribution >= 4 is 41.0 Å². The van der Waals surface area contributed by atoms with Crippen LogP contribution < -0.4 is 38.5 Å². The van der Waals surface area contributed by atoms with E-state index < -0.39 is 65.4 Å². The van der Waals surface area contributed by atoms with E-state index in [0.29, 0.717) is 6.42 Å². The summed E-state index contributed by atoms with van der Waals surface area (Å²) in [6.45, 7) is 4.25. The molecular formula is C25H41N9O8. The van der Waals surface area contributed by atoms with E-state index in [1.54, 1.807) is 0 Å². The van der Waals surface area contributed by atoms with Crippen molar-refractivity contribution < 1.29 is 34.3 Å². The van der Waals surface area contributed by atoms with Crippen molar-refractivity contribution in [1.29, 1.82) is 0 Å². The molecular weight excluding hydrogens is 554 g/mol. The predicted octanol–water partition coefficient (Wildman–Crippen LogP) is -2.21. The lowest BCUT2D eigenvalue weighted by Crippen LogP contribution is -2.60. The van der Waals surface area contributed by atoms with Crippen LogP contribution in [0.3, 0.4) is 0 Å². The quantitative estimate of drug-likeness (QED) is 0.0306. The zero-order valence-corrected chi connectivity index (χ0v) is 23.8. The van der Waals surface area contributed by atoms with E-state index in [4.69, 9.17) is 17.2 Å². The van der Waals surface area contributed by atoms with E-state index in [1.807, 2.05) is 13.8 Å². The molecule has 0 aliphatic carbocycles. The molecule has 0 heterocycles. The molecule has 17 nitrogen and oxygen atoms in total. The molecule has 0 aromatic heterocycles. The van der Waals surface area contributed by atoms with Gasteiger partial charge in [-0.05, 0) is 44.2 Å². The molecule has 12 N–H and O–H groups in total. The van der Waals surface area contributed by atoms with Gasteiger partial charge in [0.2, 0.25) is 23.6 Å². The minimum Gasteiger partial charge on any atom is -0.394 e. The van der Waals surface area contributed by atoms with Crippen molar-refractivity contribution in [3.05, 3.63) is 34.4 Å². The number of nitro groups is 1. The molecule has 42 heavy (non-hydrogen) atoms. The van der Waals surface area contributed by atoms with Crippen LogP contribution in [0.25, 0.3) is 0 Å². The number of aliphatic hydroxyl groups is 2. The molecule has 0 saturated carbocycles. The number of carbonyl (C=O) groups is 4. The normalized spacial score (nSPS) is 14.5. The van der Waals surface area contributed by atoms with Crippen molar-refractivity contribution in [2.24, 2.45) is 28.1 Å². The van der Waals surface area contributed by atoms with E-state index in [-0.39, 0.29) is 42.6 Å². The summed E-state index contributed by atoms with van der Waals surface area (Å²) < 4.78 is 0. The number of hydrogen-bond acceptors (Lipinski definition) is 10. The number of nitro benzene ring substituents is 1. The van der Waals surface area contributed by atoms with Crippen molar-refractivity contribution in [2.45, 2.75) is 70.3 Å². The number of aliphatic hydroxyl groups excluding tert-OH is 2. The second kappa shape index (κ2) is 17.5. The molecule has 4 amide bonds. The van der Waals surface area contributed by atoms with Gasteiger partial charge in [0.1, 0.15) is 18.1 Å². The first-order valence-electron chi connectivity index (χ1n) is 13.2. The Hall–Kier alpha value is -4.35. The Morgan fingerprint density at radius 1 is 0.952 bits per heavy atom. The molecule has 1 rings (SSSR count). The highest BCUT2D eigenvalue weighted by Gasteiger charge is 2.32. The number of nitrogens with zero attached hydrogens (tertiary/aromatic N) is 2. The lowest BCUT2D eigenvalue weighted by Gasteiger charge is -2.26. The summed E-state index contributed by atoms with van der Waals surface area (Å²) in [4.78, 5) is 65.4. The maximum atomic E-state index is 13.1. The number of amides is 4. The summed E-state index contributed by atoms with van der Waals surface area (Å²) in [5.74, 6) is -3.36. The number of nitrogens with two attached hydrogens (primary N) is 3. The topological polar surface area (TPSA) is 290 Å². The van der Waals surface area contributed by atoms with Gasteiger partial charge in [0.15, 0.2) is 5.96 Å². The van der Waals surface area contributed by atoms with Gasteiger partial charge in [0.05, 0.1) is 23.7 Å². The highest BCUT2D eigenvalue weighted by atomic mass is 16.6. The minimum absolute atomic E-state index is 0.0326. The Balaban J connectivity index is 3.03. The largest absolute Gasteiger partial charge is 0.394 e. The Kier molecular flexibility index (Phi) is 14.8. The van der Waals surface area contributed by atoms with Crippen LogP contribution in [-0.4, -0.2) is 88.1 Å². The number of aliphatic imine (C=N–C) groups is 1. The van der Waals surface area contributed by atoms with E-state index in [1.165, 1.54) is 31.2 Å². The van der Waals surface area contributed by atoms with Gasteiger partial charge >= 0.3 is 0 Å². The maximum Gasteiger partial charge on any atom is 0.269 e. The van der Waals surface area contributed by atoms with Crippen LogP contribution in [0.2, 0.25) is 0 Å². The van der Waals surface area contributed by atoms with Gasteiger partial charge < -0.3 is 48.7 Å². The van der Waals surface area contributed by atoms with Gasteiger partial charge in [-0.3, -0.25) is 34.3 Å².